The number of anilines is 2. The van der Waals surface area contributed by atoms with Crippen LogP contribution in [0.25, 0.3) is 0 Å². The second-order valence-electron chi connectivity index (χ2n) is 12.4. The molecule has 0 unspecified atom stereocenters. The zero-order chi connectivity index (χ0) is 38.3. The van der Waals surface area contributed by atoms with E-state index in [2.05, 4.69) is 10.6 Å². The van der Waals surface area contributed by atoms with Gasteiger partial charge in [0.1, 0.15) is 39.6 Å². The molecule has 12 nitrogen and oxygen atoms in total. The molecule has 3 aromatic carbocycles. The topological polar surface area (TPSA) is 145 Å². The second kappa shape index (κ2) is 16.9. The minimum Gasteiger partial charge on any atom is -0.497 e. The molecule has 0 bridgehead atoms. The fraction of sp³-hybridized carbons (Fsp3) is 0.361. The Morgan fingerprint density at radius 2 is 1.71 bits per heavy atom. The number of esters is 1. The number of halogens is 4. The van der Waals surface area contributed by atoms with Crippen molar-refractivity contribution in [3.05, 3.63) is 87.3 Å². The van der Waals surface area contributed by atoms with Gasteiger partial charge in [-0.05, 0) is 58.0 Å². The van der Waals surface area contributed by atoms with Crippen LogP contribution in [0.15, 0.2) is 48.2 Å². The van der Waals surface area contributed by atoms with Gasteiger partial charge in [-0.2, -0.15) is 0 Å². The molecular formula is C36H39ClF3N3O9. The van der Waals surface area contributed by atoms with Crippen molar-refractivity contribution in [2.45, 2.75) is 52.6 Å². The zero-order valence-electron chi connectivity index (χ0n) is 29.3. The third kappa shape index (κ3) is 9.39. The first kappa shape index (κ1) is 39.6. The fourth-order valence-electron chi connectivity index (χ4n) is 4.93. The molecule has 1 amide bonds. The van der Waals surface area contributed by atoms with Crippen molar-refractivity contribution in [1.29, 1.82) is 0 Å². The number of ketones is 1. The van der Waals surface area contributed by atoms with Crippen molar-refractivity contribution in [3.63, 3.8) is 0 Å². The number of rotatable bonds is 14. The number of methoxy groups -OCH3 is 2. The lowest BCUT2D eigenvalue weighted by Gasteiger charge is -2.39. The van der Waals surface area contributed by atoms with E-state index in [-0.39, 0.29) is 43.2 Å². The molecule has 0 radical (unpaired) electrons. The van der Waals surface area contributed by atoms with E-state index in [9.17, 15) is 19.5 Å². The lowest BCUT2D eigenvalue weighted by molar-refractivity contribution is -0.138. The number of nitrogens with zero attached hydrogens (tertiary/aromatic N) is 1. The molecule has 0 aliphatic carbocycles. The fourth-order valence-corrected chi connectivity index (χ4v) is 5.17. The first-order valence-corrected chi connectivity index (χ1v) is 16.4. The van der Waals surface area contributed by atoms with E-state index >= 15 is 13.2 Å². The van der Waals surface area contributed by atoms with Crippen LogP contribution in [0.1, 0.15) is 49.2 Å². The van der Waals surface area contributed by atoms with Gasteiger partial charge in [0.15, 0.2) is 17.4 Å². The number of benzene rings is 3. The number of hydrogen-bond donors (Lipinski definition) is 3. The number of carbonyl (C=O) groups is 3. The number of Topliss-reactive ketones (excluding diaryl/α,β-unsaturated/α-hetero) is 1. The van der Waals surface area contributed by atoms with Crippen molar-refractivity contribution in [2.75, 3.05) is 44.5 Å². The average molecular weight is 750 g/mol. The SMILES string of the molecule is CCOC(=O)/C(=C/Nc1cc(NCc2ccc(OC)cc2OC)c(F)cc1CO)C(=O)c1cc(F)c(OC2CN(C(=O)OC(C)(C)C)C2)c(Cl)c1F. The van der Waals surface area contributed by atoms with Gasteiger partial charge in [-0.1, -0.05) is 11.6 Å². The van der Waals surface area contributed by atoms with E-state index in [4.69, 9.17) is 35.3 Å². The Morgan fingerprint density at radius 1 is 1.00 bits per heavy atom. The predicted molar refractivity (Wildman–Crippen MR) is 185 cm³/mol. The lowest BCUT2D eigenvalue weighted by atomic mass is 10.0. The summed E-state index contributed by atoms with van der Waals surface area (Å²) in [5, 5.41) is 14.7. The summed E-state index contributed by atoms with van der Waals surface area (Å²) in [4.78, 5) is 40.0. The third-order valence-corrected chi connectivity index (χ3v) is 7.92. The Hall–Kier alpha value is -5.15. The maximum absolute atomic E-state index is 15.6. The van der Waals surface area contributed by atoms with Gasteiger partial charge < -0.3 is 44.3 Å². The highest BCUT2D eigenvalue weighted by atomic mass is 35.5. The van der Waals surface area contributed by atoms with Crippen molar-refractivity contribution < 1.29 is 56.3 Å². The summed E-state index contributed by atoms with van der Waals surface area (Å²) < 4.78 is 72.3. The molecule has 52 heavy (non-hydrogen) atoms. The summed E-state index contributed by atoms with van der Waals surface area (Å²) in [6.07, 6.45) is -0.474. The Morgan fingerprint density at radius 3 is 2.33 bits per heavy atom. The number of nitrogens with one attached hydrogen (secondary N) is 2. The van der Waals surface area contributed by atoms with Gasteiger partial charge in [0.25, 0.3) is 0 Å². The number of hydrogen-bond acceptors (Lipinski definition) is 11. The molecule has 1 aliphatic rings. The van der Waals surface area contributed by atoms with Crippen LogP contribution in [0.5, 0.6) is 17.2 Å². The average Bonchev–Trinajstić information content (AvgIpc) is 3.07. The van der Waals surface area contributed by atoms with Crippen LogP contribution in [-0.2, 0) is 27.4 Å². The highest BCUT2D eigenvalue weighted by Crippen LogP contribution is 2.36. The molecule has 16 heteroatoms. The molecule has 0 atom stereocenters. The van der Waals surface area contributed by atoms with Gasteiger partial charge in [0.05, 0.1) is 51.8 Å². The van der Waals surface area contributed by atoms with Gasteiger partial charge in [-0.3, -0.25) is 4.79 Å². The Labute approximate surface area is 303 Å². The Balaban J connectivity index is 1.57. The van der Waals surface area contributed by atoms with E-state index in [1.807, 2.05) is 0 Å². The molecule has 3 aromatic rings. The van der Waals surface area contributed by atoms with Gasteiger partial charge in [0, 0.05) is 35.6 Å². The van der Waals surface area contributed by atoms with Crippen molar-refractivity contribution in [2.24, 2.45) is 0 Å². The summed E-state index contributed by atoms with van der Waals surface area (Å²) in [7, 11) is 2.98. The molecular weight excluding hydrogens is 711 g/mol. The maximum atomic E-state index is 15.6. The molecule has 0 aromatic heterocycles. The first-order valence-electron chi connectivity index (χ1n) is 16.0. The molecule has 0 saturated carbocycles. The number of carbonyl (C=O) groups excluding carboxylic acids is 3. The number of aliphatic hydroxyl groups is 1. The quantitative estimate of drug-likeness (QED) is 0.0409. The molecule has 4 rings (SSSR count). The standard InChI is InChI=1S/C36H39ClF3N3O9/c1-7-50-34(46)24(15-42-27-13-28(25(38)10-20(27)18-44)41-14-19-8-9-21(48-5)11-29(19)49-6)32(45)23-12-26(39)33(30(37)31(23)40)51-22-16-43(17-22)35(47)52-36(2,3)4/h8-13,15,22,41-42,44H,7,14,16-18H2,1-6H3/b24-15+. The van der Waals surface area contributed by atoms with E-state index in [1.165, 1.54) is 32.1 Å². The molecule has 1 aliphatic heterocycles. The first-order chi connectivity index (χ1) is 24.6. The minimum atomic E-state index is -1.38. The number of amides is 1. The van der Waals surface area contributed by atoms with E-state index in [1.54, 1.807) is 39.0 Å². The van der Waals surface area contributed by atoms with Crippen LogP contribution in [0.2, 0.25) is 5.02 Å². The number of ether oxygens (including phenoxy) is 5. The molecule has 1 heterocycles. The van der Waals surface area contributed by atoms with E-state index in [0.717, 1.165) is 12.3 Å². The summed E-state index contributed by atoms with van der Waals surface area (Å²) in [5.41, 5.74) is -1.65. The third-order valence-electron chi connectivity index (χ3n) is 7.58. The van der Waals surface area contributed by atoms with Crippen molar-refractivity contribution in [3.8, 4) is 17.2 Å². The van der Waals surface area contributed by atoms with Crippen LogP contribution in [-0.4, -0.2) is 73.5 Å². The van der Waals surface area contributed by atoms with Crippen molar-refractivity contribution >= 4 is 40.8 Å². The minimum absolute atomic E-state index is 0.0144. The van der Waals surface area contributed by atoms with Crippen LogP contribution in [0, 0.1) is 17.5 Å². The number of likely N-dealkylation sites (tertiary alicyclic amines) is 1. The van der Waals surface area contributed by atoms with Crippen molar-refractivity contribution in [1.82, 2.24) is 4.90 Å². The number of aliphatic hydroxyl groups excluding tert-OH is 1. The van der Waals surface area contributed by atoms with Gasteiger partial charge in [-0.15, -0.1) is 0 Å². The lowest BCUT2D eigenvalue weighted by Crippen LogP contribution is -2.57. The summed E-state index contributed by atoms with van der Waals surface area (Å²) in [6, 6.07) is 7.94. The largest absolute Gasteiger partial charge is 0.497 e. The van der Waals surface area contributed by atoms with Crippen LogP contribution in [0.3, 0.4) is 0 Å². The van der Waals surface area contributed by atoms with Crippen LogP contribution in [0.4, 0.5) is 29.3 Å². The molecule has 3 N–H and O–H groups in total. The van der Waals surface area contributed by atoms with Crippen LogP contribution < -0.4 is 24.8 Å². The monoisotopic (exact) mass is 749 g/mol. The van der Waals surface area contributed by atoms with Gasteiger partial charge >= 0.3 is 12.1 Å². The molecule has 1 saturated heterocycles. The maximum Gasteiger partial charge on any atom is 0.410 e. The summed E-state index contributed by atoms with van der Waals surface area (Å²) in [5.74, 6) is -5.43. The predicted octanol–water partition coefficient (Wildman–Crippen LogP) is 6.62. The summed E-state index contributed by atoms with van der Waals surface area (Å²) in [6.45, 7) is 5.90. The highest BCUT2D eigenvalue weighted by Gasteiger charge is 2.37. The molecule has 0 spiro atoms. The molecule has 1 fully saturated rings. The smallest absolute Gasteiger partial charge is 0.410 e. The van der Waals surface area contributed by atoms with E-state index < -0.39 is 75.5 Å². The molecule has 280 valence electrons. The van der Waals surface area contributed by atoms with Gasteiger partial charge in [0.2, 0.25) is 5.78 Å². The van der Waals surface area contributed by atoms with Crippen LogP contribution >= 0.6 is 11.6 Å². The Bertz CT molecular complexity index is 1860. The highest BCUT2D eigenvalue weighted by molar-refractivity contribution is 6.33. The Kier molecular flexibility index (Phi) is 12.9. The second-order valence-corrected chi connectivity index (χ2v) is 12.8. The normalized spacial score (nSPS) is 13.2. The summed E-state index contributed by atoms with van der Waals surface area (Å²) >= 11 is 6.12. The van der Waals surface area contributed by atoms with Gasteiger partial charge in [-0.25, -0.2) is 22.8 Å². The zero-order valence-corrected chi connectivity index (χ0v) is 30.1. The van der Waals surface area contributed by atoms with E-state index in [0.29, 0.717) is 23.1 Å².